The number of rotatable bonds is 7. The van der Waals surface area contributed by atoms with E-state index in [2.05, 4.69) is 40.8 Å². The molecule has 0 saturated carbocycles. The average Bonchev–Trinajstić information content (AvgIpc) is 3.28. The van der Waals surface area contributed by atoms with E-state index in [1.54, 1.807) is 12.1 Å². The zero-order valence-electron chi connectivity index (χ0n) is 17.9. The summed E-state index contributed by atoms with van der Waals surface area (Å²) in [5.74, 6) is 0.604. The molecule has 0 unspecified atom stereocenters. The molecule has 0 aliphatic heterocycles. The Kier molecular flexibility index (Phi) is 6.11. The van der Waals surface area contributed by atoms with E-state index in [-0.39, 0.29) is 5.02 Å². The molecule has 3 N–H and O–H groups in total. The van der Waals surface area contributed by atoms with Crippen molar-refractivity contribution in [3.05, 3.63) is 65.1 Å². The second-order valence-corrected chi connectivity index (χ2v) is 9.47. The Morgan fingerprint density at radius 1 is 1.00 bits per heavy atom. The van der Waals surface area contributed by atoms with Crippen LogP contribution in [-0.2, 0) is 10.0 Å². The third kappa shape index (κ3) is 5.54. The number of hydrogen-bond donors (Lipinski definition) is 3. The summed E-state index contributed by atoms with van der Waals surface area (Å²) in [6.45, 7) is 3.80. The van der Waals surface area contributed by atoms with Gasteiger partial charge in [-0.25, -0.2) is 18.1 Å². The monoisotopic (exact) mass is 485 g/mol. The van der Waals surface area contributed by atoms with Gasteiger partial charge in [0.2, 0.25) is 16.0 Å². The molecule has 13 heteroatoms. The molecule has 0 aliphatic rings. The summed E-state index contributed by atoms with van der Waals surface area (Å²) in [6, 6.07) is 11.0. The maximum atomic E-state index is 11.8. The van der Waals surface area contributed by atoms with Crippen LogP contribution < -0.4 is 15.4 Å². The van der Waals surface area contributed by atoms with Gasteiger partial charge in [-0.05, 0) is 59.7 Å². The van der Waals surface area contributed by atoms with Crippen LogP contribution in [0.5, 0.6) is 0 Å². The number of anilines is 5. The third-order valence-corrected chi connectivity index (χ3v) is 5.42. The molecule has 0 aliphatic carbocycles. The van der Waals surface area contributed by atoms with Gasteiger partial charge in [-0.3, -0.25) is 4.72 Å². The molecule has 0 saturated heterocycles. The third-order valence-electron chi connectivity index (χ3n) is 4.55. The summed E-state index contributed by atoms with van der Waals surface area (Å²) < 4.78 is 27.6. The minimum absolute atomic E-state index is 0.269. The quantitative estimate of drug-likeness (QED) is 0.358. The summed E-state index contributed by atoms with van der Waals surface area (Å²) in [7, 11) is -3.48. The number of nitrogens with zero attached hydrogens (tertiary/aromatic N) is 6. The molecule has 4 aromatic rings. The van der Waals surface area contributed by atoms with E-state index >= 15 is 0 Å². The van der Waals surface area contributed by atoms with Gasteiger partial charge >= 0.3 is 0 Å². The van der Waals surface area contributed by atoms with E-state index in [1.807, 2.05) is 38.1 Å². The molecule has 4 rings (SSSR count). The summed E-state index contributed by atoms with van der Waals surface area (Å²) in [4.78, 5) is 8.72. The Labute approximate surface area is 195 Å². The van der Waals surface area contributed by atoms with Gasteiger partial charge in [0.15, 0.2) is 5.82 Å². The van der Waals surface area contributed by atoms with Crippen LogP contribution in [0.2, 0.25) is 5.02 Å². The fourth-order valence-corrected chi connectivity index (χ4v) is 3.69. The minimum Gasteiger partial charge on any atom is -0.337 e. The van der Waals surface area contributed by atoms with Crippen molar-refractivity contribution in [1.29, 1.82) is 0 Å². The molecule has 0 fully saturated rings. The van der Waals surface area contributed by atoms with E-state index in [0.29, 0.717) is 23.1 Å². The van der Waals surface area contributed by atoms with Crippen molar-refractivity contribution in [2.45, 2.75) is 13.8 Å². The van der Waals surface area contributed by atoms with Crippen molar-refractivity contribution < 1.29 is 8.42 Å². The van der Waals surface area contributed by atoms with Crippen LogP contribution in [0.25, 0.3) is 5.69 Å². The van der Waals surface area contributed by atoms with Gasteiger partial charge in [-0.2, -0.15) is 4.98 Å². The summed E-state index contributed by atoms with van der Waals surface area (Å²) >= 11 is 6.31. The highest BCUT2D eigenvalue weighted by Gasteiger charge is 2.13. The first-order valence-electron chi connectivity index (χ1n) is 9.67. The summed E-state index contributed by atoms with van der Waals surface area (Å²) in [5.41, 5.74) is 4.24. The zero-order valence-corrected chi connectivity index (χ0v) is 19.5. The molecule has 0 spiro atoms. The van der Waals surface area contributed by atoms with Gasteiger partial charge in [0.1, 0.15) is 11.3 Å². The van der Waals surface area contributed by atoms with Crippen LogP contribution in [0.1, 0.15) is 11.1 Å². The van der Waals surface area contributed by atoms with Crippen molar-refractivity contribution in [1.82, 2.24) is 30.2 Å². The Morgan fingerprint density at radius 3 is 2.55 bits per heavy atom. The Hall–Kier alpha value is -3.77. The number of tetrazole rings is 1. The molecule has 0 atom stereocenters. The maximum absolute atomic E-state index is 11.8. The molecule has 170 valence electrons. The standard InChI is InChI=1S/C20H20ClN9O2S/c1-12-4-7-16(18(8-12)27-33(3,31)32)24-19-15(21)10-22-20(26-19)25-17-9-14(6-5-13(17)2)30-11-23-28-29-30/h4-11,27H,1-3H3,(H2,22,24,25,26). The number of nitrogens with one attached hydrogen (secondary N) is 3. The van der Waals surface area contributed by atoms with E-state index in [1.165, 1.54) is 17.2 Å². The van der Waals surface area contributed by atoms with E-state index < -0.39 is 10.0 Å². The highest BCUT2D eigenvalue weighted by atomic mass is 35.5. The number of benzene rings is 2. The van der Waals surface area contributed by atoms with Gasteiger partial charge in [-0.1, -0.05) is 23.7 Å². The van der Waals surface area contributed by atoms with Crippen LogP contribution in [0.3, 0.4) is 0 Å². The molecule has 2 aromatic heterocycles. The minimum atomic E-state index is -3.48. The van der Waals surface area contributed by atoms with Crippen LogP contribution >= 0.6 is 11.6 Å². The maximum Gasteiger partial charge on any atom is 0.229 e. The Bertz CT molecular complexity index is 1410. The lowest BCUT2D eigenvalue weighted by Gasteiger charge is -2.15. The molecular formula is C20H20ClN9O2S. The lowest BCUT2D eigenvalue weighted by molar-refractivity contribution is 0.607. The highest BCUT2D eigenvalue weighted by molar-refractivity contribution is 7.92. The van der Waals surface area contributed by atoms with Crippen LogP contribution in [0.15, 0.2) is 48.9 Å². The predicted octanol–water partition coefficient (Wildman–Crippen LogP) is 3.58. The van der Waals surface area contributed by atoms with Crippen LogP contribution in [-0.4, -0.2) is 44.8 Å². The SMILES string of the molecule is Cc1ccc(Nc2nc(Nc3cc(-n4cnnn4)ccc3C)ncc2Cl)c(NS(C)(=O)=O)c1. The number of aryl methyl sites for hydroxylation is 2. The fraction of sp³-hybridized carbons (Fsp3) is 0.150. The van der Waals surface area contributed by atoms with Gasteiger partial charge in [0.05, 0.1) is 29.5 Å². The van der Waals surface area contributed by atoms with Crippen LogP contribution in [0, 0.1) is 13.8 Å². The predicted molar refractivity (Wildman–Crippen MR) is 127 cm³/mol. The lowest BCUT2D eigenvalue weighted by atomic mass is 10.2. The lowest BCUT2D eigenvalue weighted by Crippen LogP contribution is -2.11. The topological polar surface area (TPSA) is 140 Å². The second-order valence-electron chi connectivity index (χ2n) is 7.32. The molecule has 2 aromatic carbocycles. The molecule has 11 nitrogen and oxygen atoms in total. The van der Waals surface area contributed by atoms with E-state index in [9.17, 15) is 8.42 Å². The molecule has 0 radical (unpaired) electrons. The molecule has 0 bridgehead atoms. The van der Waals surface area contributed by atoms with Crippen molar-refractivity contribution in [3.8, 4) is 5.69 Å². The van der Waals surface area contributed by atoms with Crippen molar-refractivity contribution >= 4 is 50.5 Å². The normalized spacial score (nSPS) is 11.3. The fourth-order valence-electron chi connectivity index (χ4n) is 2.98. The van der Waals surface area contributed by atoms with Crippen molar-refractivity contribution in [2.75, 3.05) is 21.6 Å². The molecular weight excluding hydrogens is 466 g/mol. The van der Waals surface area contributed by atoms with Gasteiger partial charge in [-0.15, -0.1) is 5.10 Å². The summed E-state index contributed by atoms with van der Waals surface area (Å²) in [5, 5.41) is 17.7. The molecule has 33 heavy (non-hydrogen) atoms. The van der Waals surface area contributed by atoms with Gasteiger partial charge in [0.25, 0.3) is 0 Å². The first kappa shape index (κ1) is 22.4. The zero-order chi connectivity index (χ0) is 23.6. The Balaban J connectivity index is 1.63. The number of sulfonamides is 1. The summed E-state index contributed by atoms with van der Waals surface area (Å²) in [6.07, 6.45) is 4.04. The average molecular weight is 486 g/mol. The van der Waals surface area contributed by atoms with Crippen LogP contribution in [0.4, 0.5) is 28.8 Å². The Morgan fingerprint density at radius 2 is 1.82 bits per heavy atom. The highest BCUT2D eigenvalue weighted by Crippen LogP contribution is 2.31. The smallest absolute Gasteiger partial charge is 0.229 e. The number of hydrogen-bond acceptors (Lipinski definition) is 9. The second kappa shape index (κ2) is 9.00. The number of aromatic nitrogens is 6. The molecule has 2 heterocycles. The molecule has 0 amide bonds. The van der Waals surface area contributed by atoms with Gasteiger partial charge < -0.3 is 10.6 Å². The van der Waals surface area contributed by atoms with Crippen molar-refractivity contribution in [2.24, 2.45) is 0 Å². The first-order chi connectivity index (χ1) is 15.7. The number of halogens is 1. The van der Waals surface area contributed by atoms with E-state index in [0.717, 1.165) is 28.8 Å². The van der Waals surface area contributed by atoms with Gasteiger partial charge in [0, 0.05) is 5.69 Å². The van der Waals surface area contributed by atoms with Crippen molar-refractivity contribution in [3.63, 3.8) is 0 Å². The largest absolute Gasteiger partial charge is 0.337 e. The van der Waals surface area contributed by atoms with E-state index in [4.69, 9.17) is 11.6 Å². The first-order valence-corrected chi connectivity index (χ1v) is 11.9.